The van der Waals surface area contributed by atoms with E-state index in [0.717, 1.165) is 47.4 Å². The number of benzene rings is 1. The average molecular weight is 375 g/mol. The highest BCUT2D eigenvalue weighted by Crippen LogP contribution is 2.39. The molecule has 0 spiro atoms. The maximum absolute atomic E-state index is 12.3. The number of ether oxygens (including phenoxy) is 1. The smallest absolute Gasteiger partial charge is 0.390 e. The molecule has 0 radical (unpaired) electrons. The molecule has 3 aromatic rings. The Morgan fingerprint density at radius 3 is 2.70 bits per heavy atom. The summed E-state index contributed by atoms with van der Waals surface area (Å²) in [5, 5.41) is 14.5. The number of nitriles is 1. The molecule has 0 fully saturated rings. The zero-order valence-electron chi connectivity index (χ0n) is 14.6. The molecule has 4 rings (SSSR count). The average Bonchev–Trinajstić information content (AvgIpc) is 3.22. The molecule has 1 aliphatic rings. The maximum atomic E-state index is 12.3. The predicted molar refractivity (Wildman–Crippen MR) is 105 cm³/mol. The second kappa shape index (κ2) is 7.60. The summed E-state index contributed by atoms with van der Waals surface area (Å²) in [6.45, 7) is 0. The van der Waals surface area contributed by atoms with Gasteiger partial charge in [0.2, 0.25) is 5.88 Å². The van der Waals surface area contributed by atoms with E-state index in [1.54, 1.807) is 23.5 Å². The fourth-order valence-electron chi connectivity index (χ4n) is 3.34. The van der Waals surface area contributed by atoms with Gasteiger partial charge in [0.25, 0.3) is 0 Å². The van der Waals surface area contributed by atoms with E-state index in [4.69, 9.17) is 4.74 Å². The third kappa shape index (κ3) is 3.55. The summed E-state index contributed by atoms with van der Waals surface area (Å²) in [5.41, 5.74) is 3.83. The van der Waals surface area contributed by atoms with Gasteiger partial charge in [-0.1, -0.05) is 24.3 Å². The van der Waals surface area contributed by atoms with E-state index in [-0.39, 0.29) is 5.88 Å². The minimum Gasteiger partial charge on any atom is -0.390 e. The molecule has 1 amide bonds. The number of nitrogens with zero attached hydrogens (tertiary/aromatic N) is 2. The normalized spacial score (nSPS) is 12.7. The van der Waals surface area contributed by atoms with Crippen LogP contribution >= 0.6 is 11.3 Å². The van der Waals surface area contributed by atoms with E-state index in [0.29, 0.717) is 11.3 Å². The van der Waals surface area contributed by atoms with Crippen LogP contribution in [0.15, 0.2) is 47.8 Å². The van der Waals surface area contributed by atoms with Gasteiger partial charge in [0.1, 0.15) is 11.6 Å². The number of fused-ring (bicyclic) bond motifs is 1. The van der Waals surface area contributed by atoms with Crippen LogP contribution in [-0.4, -0.2) is 11.1 Å². The highest BCUT2D eigenvalue weighted by Gasteiger charge is 2.25. The van der Waals surface area contributed by atoms with Crippen molar-refractivity contribution >= 4 is 23.1 Å². The molecule has 2 heterocycles. The molecule has 134 valence electrons. The Bertz CT molecular complexity index is 1010. The fourth-order valence-corrected chi connectivity index (χ4v) is 4.15. The van der Waals surface area contributed by atoms with Gasteiger partial charge in [0.05, 0.1) is 0 Å². The summed E-state index contributed by atoms with van der Waals surface area (Å²) >= 11 is 1.57. The van der Waals surface area contributed by atoms with Crippen LogP contribution in [0.2, 0.25) is 0 Å². The molecule has 0 atom stereocenters. The van der Waals surface area contributed by atoms with Crippen LogP contribution in [0.3, 0.4) is 0 Å². The summed E-state index contributed by atoms with van der Waals surface area (Å²) in [5.74, 6) is 0.0787. The van der Waals surface area contributed by atoms with Crippen molar-refractivity contribution in [3.05, 3.63) is 64.7 Å². The van der Waals surface area contributed by atoms with E-state index in [9.17, 15) is 10.1 Å². The minimum atomic E-state index is -0.655. The van der Waals surface area contributed by atoms with Crippen molar-refractivity contribution in [3.63, 3.8) is 0 Å². The zero-order chi connectivity index (χ0) is 18.6. The van der Waals surface area contributed by atoms with Gasteiger partial charge in [0.15, 0.2) is 0 Å². The standard InChI is InChI=1S/C21H17N3O2S/c22-13-16-19(18-11-6-12-27-18)15-9-4-5-10-17(15)24-20(16)26-21(25)23-14-7-2-1-3-8-14/h1-3,6-8,11-12H,4-5,9-10H2,(H,23,25). The van der Waals surface area contributed by atoms with Crippen LogP contribution < -0.4 is 10.1 Å². The summed E-state index contributed by atoms with van der Waals surface area (Å²) in [4.78, 5) is 17.9. The molecule has 1 aromatic carbocycles. The van der Waals surface area contributed by atoms with E-state index >= 15 is 0 Å². The SMILES string of the molecule is N#Cc1c(OC(=O)Nc2ccccc2)nc2c(c1-c1cccs1)CCCC2. The first kappa shape index (κ1) is 17.3. The Kier molecular flexibility index (Phi) is 4.86. The first-order valence-corrected chi connectivity index (χ1v) is 9.68. The number of hydrogen-bond acceptors (Lipinski definition) is 5. The lowest BCUT2D eigenvalue weighted by molar-refractivity contribution is 0.213. The van der Waals surface area contributed by atoms with Crippen LogP contribution in [-0.2, 0) is 12.8 Å². The van der Waals surface area contributed by atoms with Crippen LogP contribution in [0.25, 0.3) is 10.4 Å². The molecular weight excluding hydrogens is 358 g/mol. The Morgan fingerprint density at radius 1 is 1.15 bits per heavy atom. The van der Waals surface area contributed by atoms with Crippen molar-refractivity contribution in [1.82, 2.24) is 4.98 Å². The highest BCUT2D eigenvalue weighted by molar-refractivity contribution is 7.13. The number of hydrogen-bond donors (Lipinski definition) is 1. The Hall–Kier alpha value is -3.17. The predicted octanol–water partition coefficient (Wildman–Crippen LogP) is 5.17. The van der Waals surface area contributed by atoms with Crippen molar-refractivity contribution in [1.29, 1.82) is 5.26 Å². The molecule has 1 aliphatic carbocycles. The summed E-state index contributed by atoms with van der Waals surface area (Å²) in [6, 6.07) is 15.2. The van der Waals surface area contributed by atoms with Gasteiger partial charge in [-0.2, -0.15) is 5.26 Å². The molecular formula is C21H17N3O2S. The molecule has 0 saturated carbocycles. The monoisotopic (exact) mass is 375 g/mol. The van der Waals surface area contributed by atoms with Gasteiger partial charge in [-0.3, -0.25) is 5.32 Å². The molecule has 0 bridgehead atoms. The number of pyridine rings is 1. The topological polar surface area (TPSA) is 75.0 Å². The lowest BCUT2D eigenvalue weighted by atomic mass is 9.89. The number of nitrogens with one attached hydrogen (secondary N) is 1. The molecule has 1 N–H and O–H groups in total. The van der Waals surface area contributed by atoms with Crippen molar-refractivity contribution in [3.8, 4) is 22.4 Å². The second-order valence-electron chi connectivity index (χ2n) is 6.27. The Labute approximate surface area is 161 Å². The van der Waals surface area contributed by atoms with Crippen molar-refractivity contribution < 1.29 is 9.53 Å². The molecule has 0 saturated heterocycles. The molecule has 2 aromatic heterocycles. The maximum Gasteiger partial charge on any atom is 0.418 e. The van der Waals surface area contributed by atoms with Crippen molar-refractivity contribution in [2.45, 2.75) is 25.7 Å². The molecule has 0 unspecified atom stereocenters. The van der Waals surface area contributed by atoms with Crippen molar-refractivity contribution in [2.75, 3.05) is 5.32 Å². The third-order valence-electron chi connectivity index (χ3n) is 4.53. The van der Waals surface area contributed by atoms with E-state index in [1.807, 2.05) is 35.7 Å². The van der Waals surface area contributed by atoms with Gasteiger partial charge in [-0.25, -0.2) is 9.78 Å². The van der Waals surface area contributed by atoms with Gasteiger partial charge < -0.3 is 4.74 Å². The zero-order valence-corrected chi connectivity index (χ0v) is 15.4. The van der Waals surface area contributed by atoms with Crippen LogP contribution in [0.5, 0.6) is 5.88 Å². The van der Waals surface area contributed by atoms with Crippen LogP contribution in [0.1, 0.15) is 29.7 Å². The molecule has 5 nitrogen and oxygen atoms in total. The Balaban J connectivity index is 1.73. The number of rotatable bonds is 3. The lowest BCUT2D eigenvalue weighted by Crippen LogP contribution is -2.19. The number of anilines is 1. The number of para-hydroxylation sites is 1. The van der Waals surface area contributed by atoms with Gasteiger partial charge in [0, 0.05) is 21.8 Å². The molecule has 27 heavy (non-hydrogen) atoms. The van der Waals surface area contributed by atoms with E-state index < -0.39 is 6.09 Å². The number of thiophene rings is 1. The summed E-state index contributed by atoms with van der Waals surface area (Å²) in [7, 11) is 0. The van der Waals surface area contributed by atoms with Gasteiger partial charge in [-0.05, 0) is 54.8 Å². The van der Waals surface area contributed by atoms with Gasteiger partial charge >= 0.3 is 6.09 Å². The van der Waals surface area contributed by atoms with E-state index in [1.165, 1.54) is 0 Å². The quantitative estimate of drug-likeness (QED) is 0.685. The van der Waals surface area contributed by atoms with Crippen LogP contribution in [0.4, 0.5) is 10.5 Å². The second-order valence-corrected chi connectivity index (χ2v) is 7.22. The third-order valence-corrected chi connectivity index (χ3v) is 5.42. The van der Waals surface area contributed by atoms with Gasteiger partial charge in [-0.15, -0.1) is 11.3 Å². The number of aryl methyl sites for hydroxylation is 1. The number of carbonyl (C=O) groups is 1. The Morgan fingerprint density at radius 2 is 1.96 bits per heavy atom. The highest BCUT2D eigenvalue weighted by atomic mass is 32.1. The number of amides is 1. The first-order valence-electron chi connectivity index (χ1n) is 8.80. The van der Waals surface area contributed by atoms with Crippen molar-refractivity contribution in [2.24, 2.45) is 0 Å². The minimum absolute atomic E-state index is 0.0787. The molecule has 6 heteroatoms. The number of carbonyl (C=O) groups excluding carboxylic acids is 1. The number of aromatic nitrogens is 1. The fraction of sp³-hybridized carbons (Fsp3) is 0.190. The summed E-state index contributed by atoms with van der Waals surface area (Å²) in [6.07, 6.45) is 3.19. The largest absolute Gasteiger partial charge is 0.418 e. The molecule has 0 aliphatic heterocycles. The lowest BCUT2D eigenvalue weighted by Gasteiger charge is -2.21. The van der Waals surface area contributed by atoms with E-state index in [2.05, 4.69) is 16.4 Å². The van der Waals surface area contributed by atoms with Crippen LogP contribution in [0, 0.1) is 11.3 Å². The summed E-state index contributed by atoms with van der Waals surface area (Å²) < 4.78 is 5.47. The first-order chi connectivity index (χ1) is 13.3.